The fraction of sp³-hybridized carbons (Fsp3) is 0.762. The monoisotopic (exact) mass is 368 g/mol. The Morgan fingerprint density at radius 2 is 1.38 bits per heavy atom. The highest BCUT2D eigenvalue weighted by atomic mass is 16.6. The molecule has 0 fully saturated rings. The van der Waals surface area contributed by atoms with E-state index in [2.05, 4.69) is 13.8 Å². The van der Waals surface area contributed by atoms with Crippen LogP contribution < -0.4 is 0 Å². The Bertz CT molecular complexity index is 449. The quantitative estimate of drug-likeness (QED) is 0.193. The normalized spacial score (nSPS) is 12.8. The summed E-state index contributed by atoms with van der Waals surface area (Å²) in [6.45, 7) is 9.44. The largest absolute Gasteiger partial charge is 0.465 e. The summed E-state index contributed by atoms with van der Waals surface area (Å²) < 4.78 is 10.2. The van der Waals surface area contributed by atoms with Crippen molar-refractivity contribution in [1.29, 1.82) is 0 Å². The third-order valence-corrected chi connectivity index (χ3v) is 4.31. The molecule has 0 saturated heterocycles. The first-order valence-corrected chi connectivity index (χ1v) is 9.97. The second-order valence-corrected chi connectivity index (χ2v) is 6.44. The van der Waals surface area contributed by atoms with E-state index in [1.54, 1.807) is 13.8 Å². The number of carbonyl (C=O) groups excluding carboxylic acids is 3. The van der Waals surface area contributed by atoms with Crippen LogP contribution >= 0.6 is 0 Å². The zero-order chi connectivity index (χ0) is 19.9. The van der Waals surface area contributed by atoms with Crippen molar-refractivity contribution in [2.75, 3.05) is 13.2 Å². The van der Waals surface area contributed by atoms with Gasteiger partial charge in [0, 0.05) is 5.92 Å². The third-order valence-electron chi connectivity index (χ3n) is 4.31. The first-order valence-electron chi connectivity index (χ1n) is 9.97. The molecule has 26 heavy (non-hydrogen) atoms. The molecule has 0 aromatic rings. The zero-order valence-corrected chi connectivity index (χ0v) is 17.1. The Morgan fingerprint density at radius 1 is 0.846 bits per heavy atom. The summed E-state index contributed by atoms with van der Waals surface area (Å²) in [5, 5.41) is 0. The summed E-state index contributed by atoms with van der Waals surface area (Å²) in [7, 11) is 0. The molecule has 0 bridgehead atoms. The highest BCUT2D eigenvalue weighted by molar-refractivity contribution is 6.00. The van der Waals surface area contributed by atoms with Crippen molar-refractivity contribution in [2.45, 2.75) is 79.6 Å². The van der Waals surface area contributed by atoms with Gasteiger partial charge in [0.1, 0.15) is 5.78 Å². The molecule has 1 unspecified atom stereocenters. The van der Waals surface area contributed by atoms with Crippen LogP contribution in [0.1, 0.15) is 79.6 Å². The number of unbranched alkanes of at least 4 members (excludes halogenated alkanes) is 4. The minimum atomic E-state index is -1.15. The Morgan fingerprint density at radius 3 is 1.81 bits per heavy atom. The van der Waals surface area contributed by atoms with Crippen molar-refractivity contribution in [3.63, 3.8) is 0 Å². The molecule has 0 aromatic heterocycles. The number of allylic oxidation sites excluding steroid dienone is 1. The molecule has 5 nitrogen and oxygen atoms in total. The van der Waals surface area contributed by atoms with Gasteiger partial charge in [0.2, 0.25) is 0 Å². The van der Waals surface area contributed by atoms with Gasteiger partial charge in [0.05, 0.1) is 13.2 Å². The molecule has 0 spiro atoms. The van der Waals surface area contributed by atoms with Crippen molar-refractivity contribution in [3.8, 4) is 0 Å². The summed E-state index contributed by atoms with van der Waals surface area (Å²) in [5.41, 5.74) is 0.555. The van der Waals surface area contributed by atoms with Gasteiger partial charge < -0.3 is 9.47 Å². The molecule has 0 aliphatic rings. The van der Waals surface area contributed by atoms with Gasteiger partial charge >= 0.3 is 11.9 Å². The van der Waals surface area contributed by atoms with Crippen LogP contribution in [0, 0.1) is 11.8 Å². The van der Waals surface area contributed by atoms with Crippen molar-refractivity contribution in [2.24, 2.45) is 11.8 Å². The molecule has 0 saturated carbocycles. The van der Waals surface area contributed by atoms with E-state index >= 15 is 0 Å². The van der Waals surface area contributed by atoms with Crippen LogP contribution in [-0.4, -0.2) is 30.9 Å². The second-order valence-electron chi connectivity index (χ2n) is 6.44. The highest BCUT2D eigenvalue weighted by Gasteiger charge is 2.38. The molecule has 0 amide bonds. The number of Topliss-reactive ketones (excluding diaryl/α,β-unsaturated/α-hetero) is 1. The number of esters is 2. The van der Waals surface area contributed by atoms with E-state index in [-0.39, 0.29) is 19.0 Å². The van der Waals surface area contributed by atoms with Gasteiger partial charge in [-0.25, -0.2) is 0 Å². The van der Waals surface area contributed by atoms with Crippen molar-refractivity contribution in [3.05, 3.63) is 11.6 Å². The fourth-order valence-corrected chi connectivity index (χ4v) is 2.96. The Hall–Kier alpha value is -1.65. The van der Waals surface area contributed by atoms with Crippen LogP contribution in [-0.2, 0) is 23.9 Å². The Kier molecular flexibility index (Phi) is 13.6. The van der Waals surface area contributed by atoms with Crippen LogP contribution in [0.4, 0.5) is 0 Å². The molecule has 0 heterocycles. The van der Waals surface area contributed by atoms with Crippen LogP contribution in [0.5, 0.6) is 0 Å². The van der Waals surface area contributed by atoms with Gasteiger partial charge in [-0.2, -0.15) is 0 Å². The summed E-state index contributed by atoms with van der Waals surface area (Å²) >= 11 is 0. The molecule has 0 aromatic carbocycles. The SMILES string of the molecule is CCCCC/C=C(\C(CCCC)C(C)=O)C(C(=O)OCC)C(=O)OCC. The molecule has 0 aliphatic heterocycles. The van der Waals surface area contributed by atoms with E-state index in [0.717, 1.165) is 38.5 Å². The Labute approximate surface area is 158 Å². The average molecular weight is 369 g/mol. The number of ketones is 1. The smallest absolute Gasteiger partial charge is 0.324 e. The number of carbonyl (C=O) groups is 3. The van der Waals surface area contributed by atoms with Gasteiger partial charge in [0.15, 0.2) is 5.92 Å². The lowest BCUT2D eigenvalue weighted by Gasteiger charge is -2.24. The van der Waals surface area contributed by atoms with E-state index in [0.29, 0.717) is 12.0 Å². The number of ether oxygens (including phenoxy) is 2. The molecule has 0 N–H and O–H groups in total. The summed E-state index contributed by atoms with van der Waals surface area (Å²) in [6.07, 6.45) is 8.15. The molecule has 1 atom stereocenters. The van der Waals surface area contributed by atoms with E-state index in [1.165, 1.54) is 6.92 Å². The predicted octanol–water partition coefficient (Wildman–Crippen LogP) is 4.63. The number of hydrogen-bond acceptors (Lipinski definition) is 5. The predicted molar refractivity (Wildman–Crippen MR) is 103 cm³/mol. The van der Waals surface area contributed by atoms with E-state index in [1.807, 2.05) is 6.08 Å². The Balaban J connectivity index is 5.84. The summed E-state index contributed by atoms with van der Waals surface area (Å²) in [4.78, 5) is 37.3. The van der Waals surface area contributed by atoms with Gasteiger partial charge in [-0.1, -0.05) is 45.6 Å². The van der Waals surface area contributed by atoms with E-state index in [9.17, 15) is 14.4 Å². The average Bonchev–Trinajstić information content (AvgIpc) is 2.58. The maximum atomic E-state index is 12.5. The molecule has 150 valence electrons. The molecule has 0 radical (unpaired) electrons. The molecule has 0 aliphatic carbocycles. The highest BCUT2D eigenvalue weighted by Crippen LogP contribution is 2.29. The standard InChI is InChI=1S/C21H36O5/c1-6-10-12-13-15-18(17(16(5)22)14-11-7-2)19(20(23)25-8-3)21(24)26-9-4/h15,17,19H,6-14H2,1-5H3/b18-15+. The number of hydrogen-bond donors (Lipinski definition) is 0. The third kappa shape index (κ3) is 8.63. The lowest BCUT2D eigenvalue weighted by atomic mass is 9.81. The molecular weight excluding hydrogens is 332 g/mol. The minimum absolute atomic E-state index is 0.0289. The molecule has 0 rings (SSSR count). The van der Waals surface area contributed by atoms with E-state index in [4.69, 9.17) is 9.47 Å². The second kappa shape index (κ2) is 14.5. The van der Waals surface area contributed by atoms with Gasteiger partial charge in [-0.15, -0.1) is 0 Å². The molecule has 5 heteroatoms. The van der Waals surface area contributed by atoms with Crippen LogP contribution in [0.25, 0.3) is 0 Å². The topological polar surface area (TPSA) is 69.7 Å². The van der Waals surface area contributed by atoms with Gasteiger partial charge in [0.25, 0.3) is 0 Å². The maximum Gasteiger partial charge on any atom is 0.324 e. The van der Waals surface area contributed by atoms with E-state index < -0.39 is 23.8 Å². The summed E-state index contributed by atoms with van der Waals surface area (Å²) in [6, 6.07) is 0. The van der Waals surface area contributed by atoms with Crippen LogP contribution in [0.15, 0.2) is 11.6 Å². The lowest BCUT2D eigenvalue weighted by molar-refractivity contribution is -0.159. The van der Waals surface area contributed by atoms with Crippen molar-refractivity contribution < 1.29 is 23.9 Å². The molecular formula is C21H36O5. The van der Waals surface area contributed by atoms with Crippen molar-refractivity contribution in [1.82, 2.24) is 0 Å². The van der Waals surface area contributed by atoms with Crippen LogP contribution in [0.2, 0.25) is 0 Å². The number of rotatable bonds is 14. The van der Waals surface area contributed by atoms with Gasteiger partial charge in [-0.3, -0.25) is 14.4 Å². The first-order chi connectivity index (χ1) is 12.4. The van der Waals surface area contributed by atoms with Crippen molar-refractivity contribution >= 4 is 17.7 Å². The van der Waals surface area contributed by atoms with Crippen LogP contribution in [0.3, 0.4) is 0 Å². The maximum absolute atomic E-state index is 12.5. The van der Waals surface area contributed by atoms with Gasteiger partial charge in [-0.05, 0) is 45.6 Å². The first kappa shape index (κ1) is 24.4. The lowest BCUT2D eigenvalue weighted by Crippen LogP contribution is -2.34. The fourth-order valence-electron chi connectivity index (χ4n) is 2.96. The minimum Gasteiger partial charge on any atom is -0.465 e. The zero-order valence-electron chi connectivity index (χ0n) is 17.1. The summed E-state index contributed by atoms with van der Waals surface area (Å²) in [5.74, 6) is -2.89.